The third-order valence-corrected chi connectivity index (χ3v) is 4.84. The van der Waals surface area contributed by atoms with Gasteiger partial charge in [-0.1, -0.05) is 5.16 Å². The van der Waals surface area contributed by atoms with E-state index >= 15 is 0 Å². The van der Waals surface area contributed by atoms with Crippen LogP contribution in [-0.4, -0.2) is 32.7 Å². The Morgan fingerprint density at radius 2 is 2.24 bits per heavy atom. The second kappa shape index (κ2) is 5.30. The molecule has 1 aliphatic heterocycles. The lowest BCUT2D eigenvalue weighted by atomic mass is 10.0. The van der Waals surface area contributed by atoms with Crippen LogP contribution in [-0.2, 0) is 19.4 Å². The molecule has 4 rings (SSSR count). The van der Waals surface area contributed by atoms with Gasteiger partial charge in [0.05, 0.1) is 11.4 Å². The SMILES string of the molecule is Cc1nc2c(n1[C@@H]1CCN(Cc3ccon3)C1)CCCC2. The average molecular weight is 286 g/mol. The Morgan fingerprint density at radius 3 is 3.10 bits per heavy atom. The van der Waals surface area contributed by atoms with Crippen LogP contribution in [0.5, 0.6) is 0 Å². The number of rotatable bonds is 3. The fourth-order valence-electron chi connectivity index (χ4n) is 3.90. The predicted octanol–water partition coefficient (Wildman–Crippen LogP) is 2.51. The van der Waals surface area contributed by atoms with Crippen LogP contribution in [0.15, 0.2) is 16.9 Å². The number of fused-ring (bicyclic) bond motifs is 1. The van der Waals surface area contributed by atoms with Crippen LogP contribution in [0.4, 0.5) is 0 Å². The van der Waals surface area contributed by atoms with Gasteiger partial charge in [-0.05, 0) is 39.0 Å². The lowest BCUT2D eigenvalue weighted by Gasteiger charge is -2.21. The molecule has 1 fully saturated rings. The zero-order chi connectivity index (χ0) is 14.2. The van der Waals surface area contributed by atoms with Gasteiger partial charge in [-0.3, -0.25) is 4.90 Å². The molecule has 0 unspecified atom stereocenters. The third-order valence-electron chi connectivity index (χ3n) is 4.84. The topological polar surface area (TPSA) is 47.1 Å². The lowest BCUT2D eigenvalue weighted by Crippen LogP contribution is -2.22. The van der Waals surface area contributed by atoms with Gasteiger partial charge in [0.1, 0.15) is 12.1 Å². The van der Waals surface area contributed by atoms with Crippen LogP contribution in [0.3, 0.4) is 0 Å². The van der Waals surface area contributed by atoms with Crippen molar-refractivity contribution in [2.75, 3.05) is 13.1 Å². The maximum absolute atomic E-state index is 4.93. The summed E-state index contributed by atoms with van der Waals surface area (Å²) in [7, 11) is 0. The number of likely N-dealkylation sites (tertiary alicyclic amines) is 1. The van der Waals surface area contributed by atoms with E-state index in [0.717, 1.165) is 25.3 Å². The van der Waals surface area contributed by atoms with Gasteiger partial charge in [-0.2, -0.15) is 0 Å². The Morgan fingerprint density at radius 1 is 1.33 bits per heavy atom. The molecule has 3 heterocycles. The highest BCUT2D eigenvalue weighted by atomic mass is 16.5. The number of hydrogen-bond acceptors (Lipinski definition) is 4. The molecular weight excluding hydrogens is 264 g/mol. The second-order valence-corrected chi connectivity index (χ2v) is 6.30. The summed E-state index contributed by atoms with van der Waals surface area (Å²) in [5, 5.41) is 4.02. The largest absolute Gasteiger partial charge is 0.364 e. The monoisotopic (exact) mass is 286 g/mol. The zero-order valence-corrected chi connectivity index (χ0v) is 12.6. The van der Waals surface area contributed by atoms with Crippen LogP contribution in [0.2, 0.25) is 0 Å². The van der Waals surface area contributed by atoms with E-state index in [9.17, 15) is 0 Å². The van der Waals surface area contributed by atoms with E-state index in [1.165, 1.54) is 49.3 Å². The van der Waals surface area contributed by atoms with Crippen molar-refractivity contribution >= 4 is 0 Å². The molecule has 0 radical (unpaired) electrons. The number of imidazole rings is 1. The van der Waals surface area contributed by atoms with Crippen molar-refractivity contribution in [3.8, 4) is 0 Å². The summed E-state index contributed by atoms with van der Waals surface area (Å²) >= 11 is 0. The van der Waals surface area contributed by atoms with E-state index in [0.29, 0.717) is 6.04 Å². The molecule has 2 aromatic heterocycles. The van der Waals surface area contributed by atoms with Crippen LogP contribution in [0, 0.1) is 6.92 Å². The summed E-state index contributed by atoms with van der Waals surface area (Å²) in [6, 6.07) is 2.53. The van der Waals surface area contributed by atoms with Crippen LogP contribution in [0.25, 0.3) is 0 Å². The quantitative estimate of drug-likeness (QED) is 0.870. The Kier molecular flexibility index (Phi) is 3.30. The summed E-state index contributed by atoms with van der Waals surface area (Å²) in [5.41, 5.74) is 3.89. The first-order valence-corrected chi connectivity index (χ1v) is 7.99. The van der Waals surface area contributed by atoms with E-state index in [4.69, 9.17) is 9.51 Å². The van der Waals surface area contributed by atoms with Crippen LogP contribution in [0.1, 0.15) is 48.2 Å². The molecule has 0 spiro atoms. The Balaban J connectivity index is 1.52. The maximum atomic E-state index is 4.93. The van der Waals surface area contributed by atoms with E-state index in [1.54, 1.807) is 6.26 Å². The maximum Gasteiger partial charge on any atom is 0.124 e. The average Bonchev–Trinajstić information content (AvgIpc) is 3.18. The molecule has 5 heteroatoms. The Labute approximate surface area is 124 Å². The van der Waals surface area contributed by atoms with Gasteiger partial charge in [0.25, 0.3) is 0 Å². The van der Waals surface area contributed by atoms with Gasteiger partial charge in [0.15, 0.2) is 0 Å². The van der Waals surface area contributed by atoms with E-state index in [1.807, 2.05) is 6.07 Å². The van der Waals surface area contributed by atoms with Crippen molar-refractivity contribution < 1.29 is 4.52 Å². The van der Waals surface area contributed by atoms with Crippen LogP contribution < -0.4 is 0 Å². The summed E-state index contributed by atoms with van der Waals surface area (Å²) in [4.78, 5) is 7.28. The van der Waals surface area contributed by atoms with E-state index in [-0.39, 0.29) is 0 Å². The molecule has 1 aliphatic carbocycles. The first kappa shape index (κ1) is 13.1. The van der Waals surface area contributed by atoms with Crippen LogP contribution >= 0.6 is 0 Å². The minimum atomic E-state index is 0.575. The van der Waals surface area contributed by atoms with E-state index < -0.39 is 0 Å². The molecule has 2 aliphatic rings. The summed E-state index contributed by atoms with van der Waals surface area (Å²) in [6.07, 6.45) is 7.84. The zero-order valence-electron chi connectivity index (χ0n) is 12.6. The fraction of sp³-hybridized carbons (Fsp3) is 0.625. The highest BCUT2D eigenvalue weighted by Crippen LogP contribution is 2.30. The first-order chi connectivity index (χ1) is 10.3. The van der Waals surface area contributed by atoms with Gasteiger partial charge in [-0.25, -0.2) is 4.98 Å². The molecule has 1 saturated heterocycles. The number of nitrogens with zero attached hydrogens (tertiary/aromatic N) is 4. The standard InChI is InChI=1S/C16H22N4O/c1-12-17-15-4-2-3-5-16(15)20(12)14-6-8-19(11-14)10-13-7-9-21-18-13/h7,9,14H,2-6,8,10-11H2,1H3/t14-/m1/s1. The van der Waals surface area contributed by atoms with Gasteiger partial charge < -0.3 is 9.09 Å². The van der Waals surface area contributed by atoms with Gasteiger partial charge >= 0.3 is 0 Å². The van der Waals surface area contributed by atoms with E-state index in [2.05, 4.69) is 21.5 Å². The number of aromatic nitrogens is 3. The van der Waals surface area contributed by atoms with Crippen molar-refractivity contribution in [3.05, 3.63) is 35.2 Å². The minimum absolute atomic E-state index is 0.575. The van der Waals surface area contributed by atoms with Gasteiger partial charge in [0.2, 0.25) is 0 Å². The third kappa shape index (κ3) is 2.39. The fourth-order valence-corrected chi connectivity index (χ4v) is 3.90. The normalized spacial score (nSPS) is 22.6. The summed E-state index contributed by atoms with van der Waals surface area (Å²) in [6.45, 7) is 5.28. The molecule has 0 aromatic carbocycles. The first-order valence-electron chi connectivity index (χ1n) is 7.99. The predicted molar refractivity (Wildman–Crippen MR) is 79.0 cm³/mol. The summed E-state index contributed by atoms with van der Waals surface area (Å²) < 4.78 is 7.45. The second-order valence-electron chi connectivity index (χ2n) is 6.30. The number of aryl methyl sites for hydroxylation is 2. The molecule has 0 saturated carbocycles. The molecule has 112 valence electrons. The molecule has 0 N–H and O–H groups in total. The van der Waals surface area contributed by atoms with Crippen molar-refractivity contribution in [1.82, 2.24) is 19.6 Å². The summed E-state index contributed by atoms with van der Waals surface area (Å²) in [5.74, 6) is 1.20. The van der Waals surface area contributed by atoms with Crippen molar-refractivity contribution in [3.63, 3.8) is 0 Å². The molecule has 2 aromatic rings. The Bertz CT molecular complexity index is 617. The highest BCUT2D eigenvalue weighted by molar-refractivity contribution is 5.21. The molecular formula is C16H22N4O. The molecule has 0 bridgehead atoms. The van der Waals surface area contributed by atoms with Crippen molar-refractivity contribution in [2.45, 2.75) is 51.6 Å². The molecule has 0 amide bonds. The van der Waals surface area contributed by atoms with Crippen molar-refractivity contribution in [1.29, 1.82) is 0 Å². The number of hydrogen-bond donors (Lipinski definition) is 0. The van der Waals surface area contributed by atoms with Gasteiger partial charge in [-0.15, -0.1) is 0 Å². The smallest absolute Gasteiger partial charge is 0.124 e. The van der Waals surface area contributed by atoms with Gasteiger partial charge in [0, 0.05) is 37.4 Å². The van der Waals surface area contributed by atoms with Crippen molar-refractivity contribution in [2.24, 2.45) is 0 Å². The molecule has 21 heavy (non-hydrogen) atoms. The highest BCUT2D eigenvalue weighted by Gasteiger charge is 2.29. The Hall–Kier alpha value is -1.62. The molecule has 5 nitrogen and oxygen atoms in total. The minimum Gasteiger partial charge on any atom is -0.364 e. The molecule has 1 atom stereocenters. The lowest BCUT2D eigenvalue weighted by molar-refractivity contribution is 0.300.